The monoisotopic (exact) mass is 243 g/mol. The van der Waals surface area contributed by atoms with Crippen LogP contribution in [-0.4, -0.2) is 4.98 Å². The maximum atomic E-state index is 5.78. The number of benzene rings is 1. The van der Waals surface area contributed by atoms with Gasteiger partial charge in [0.1, 0.15) is 11.3 Å². The number of hydrogen-bond donors (Lipinski definition) is 0. The second kappa shape index (κ2) is 3.70. The molecule has 1 aromatic carbocycles. The lowest BCUT2D eigenvalue weighted by Crippen LogP contribution is -1.81. The maximum Gasteiger partial charge on any atom is 0.143 e. The number of furan rings is 1. The molecule has 0 aliphatic rings. The third-order valence-corrected chi connectivity index (χ3v) is 3.71. The van der Waals surface area contributed by atoms with Gasteiger partial charge in [-0.15, -0.1) is 11.3 Å². The normalized spacial score (nSPS) is 11.2. The Balaban J connectivity index is 2.33. The summed E-state index contributed by atoms with van der Waals surface area (Å²) >= 11 is 1.73. The Hall–Kier alpha value is -1.61. The summed E-state index contributed by atoms with van der Waals surface area (Å²) in [5.41, 5.74) is 3.09. The highest BCUT2D eigenvalue weighted by Crippen LogP contribution is 2.33. The fraction of sp³-hybridized carbons (Fsp3) is 0.214. The van der Waals surface area contributed by atoms with Gasteiger partial charge in [-0.05, 0) is 32.9 Å². The Morgan fingerprint density at radius 2 is 2.00 bits per heavy atom. The summed E-state index contributed by atoms with van der Waals surface area (Å²) in [6.45, 7) is 6.12. The molecule has 3 aromatic rings. The van der Waals surface area contributed by atoms with E-state index in [1.165, 1.54) is 4.88 Å². The number of fused-ring (bicyclic) bond motifs is 1. The summed E-state index contributed by atoms with van der Waals surface area (Å²) < 4.78 is 5.78. The van der Waals surface area contributed by atoms with Crippen LogP contribution in [0.5, 0.6) is 0 Å². The number of thiazole rings is 1. The van der Waals surface area contributed by atoms with E-state index in [0.717, 1.165) is 33.0 Å². The van der Waals surface area contributed by atoms with E-state index >= 15 is 0 Å². The highest BCUT2D eigenvalue weighted by molar-refractivity contribution is 7.11. The van der Waals surface area contributed by atoms with Crippen LogP contribution in [0.4, 0.5) is 0 Å². The molecule has 0 radical (unpaired) electrons. The predicted molar refractivity (Wildman–Crippen MR) is 71.5 cm³/mol. The molecule has 3 rings (SSSR count). The summed E-state index contributed by atoms with van der Waals surface area (Å²) in [7, 11) is 0. The number of aryl methyl sites for hydroxylation is 3. The lowest BCUT2D eigenvalue weighted by Gasteiger charge is -1.99. The molecule has 0 fully saturated rings. The number of aromatic nitrogens is 1. The first kappa shape index (κ1) is 10.5. The van der Waals surface area contributed by atoms with E-state index in [1.54, 1.807) is 11.3 Å². The van der Waals surface area contributed by atoms with Crippen molar-refractivity contribution in [2.24, 2.45) is 0 Å². The smallest absolute Gasteiger partial charge is 0.143 e. The van der Waals surface area contributed by atoms with Gasteiger partial charge in [0.15, 0.2) is 0 Å². The molecule has 2 nitrogen and oxygen atoms in total. The Kier molecular flexibility index (Phi) is 2.30. The van der Waals surface area contributed by atoms with Crippen LogP contribution in [0.15, 0.2) is 28.7 Å². The molecule has 0 amide bonds. The standard InChI is InChI=1S/C14H13NOS/c1-8-7-11-5-4-6-12(14(11)16-8)13-9(2)17-10(3)15-13/h4-7H,1-3H3. The summed E-state index contributed by atoms with van der Waals surface area (Å²) in [4.78, 5) is 5.84. The van der Waals surface area contributed by atoms with Crippen LogP contribution >= 0.6 is 11.3 Å². The van der Waals surface area contributed by atoms with Gasteiger partial charge in [0.05, 0.1) is 10.7 Å². The number of para-hydroxylation sites is 1. The SMILES string of the molecule is Cc1cc2cccc(-c3nc(C)sc3C)c2o1. The first-order valence-corrected chi connectivity index (χ1v) is 6.40. The molecular formula is C14H13NOS. The second-order valence-corrected chi connectivity index (χ2v) is 5.63. The van der Waals surface area contributed by atoms with Crippen molar-refractivity contribution in [1.29, 1.82) is 0 Å². The van der Waals surface area contributed by atoms with E-state index < -0.39 is 0 Å². The van der Waals surface area contributed by atoms with Crippen molar-refractivity contribution in [3.63, 3.8) is 0 Å². The highest BCUT2D eigenvalue weighted by atomic mass is 32.1. The lowest BCUT2D eigenvalue weighted by atomic mass is 10.1. The summed E-state index contributed by atoms with van der Waals surface area (Å²) in [6, 6.07) is 8.27. The quantitative estimate of drug-likeness (QED) is 0.629. The third-order valence-electron chi connectivity index (χ3n) is 2.83. The van der Waals surface area contributed by atoms with Gasteiger partial charge in [0.25, 0.3) is 0 Å². The van der Waals surface area contributed by atoms with Crippen LogP contribution in [0.1, 0.15) is 15.6 Å². The topological polar surface area (TPSA) is 26.0 Å². The molecule has 2 heterocycles. The van der Waals surface area contributed by atoms with Crippen LogP contribution in [0.25, 0.3) is 22.2 Å². The van der Waals surface area contributed by atoms with E-state index in [1.807, 2.05) is 13.8 Å². The van der Waals surface area contributed by atoms with Gasteiger partial charge < -0.3 is 4.42 Å². The largest absolute Gasteiger partial charge is 0.461 e. The molecule has 0 aliphatic carbocycles. The van der Waals surface area contributed by atoms with E-state index in [-0.39, 0.29) is 0 Å². The van der Waals surface area contributed by atoms with Crippen molar-refractivity contribution < 1.29 is 4.42 Å². The fourth-order valence-corrected chi connectivity index (χ4v) is 2.99. The molecular weight excluding hydrogens is 230 g/mol. The molecule has 0 spiro atoms. The second-order valence-electron chi connectivity index (χ2n) is 4.22. The zero-order valence-corrected chi connectivity index (χ0v) is 10.9. The molecule has 0 unspecified atom stereocenters. The Labute approximate surface area is 104 Å². The van der Waals surface area contributed by atoms with Crippen LogP contribution in [-0.2, 0) is 0 Å². The average molecular weight is 243 g/mol. The minimum absolute atomic E-state index is 0.942. The van der Waals surface area contributed by atoms with E-state index in [4.69, 9.17) is 4.42 Å². The Bertz CT molecular complexity index is 693. The fourth-order valence-electron chi connectivity index (χ4n) is 2.16. The molecule has 0 N–H and O–H groups in total. The summed E-state index contributed by atoms with van der Waals surface area (Å²) in [6.07, 6.45) is 0. The van der Waals surface area contributed by atoms with E-state index in [0.29, 0.717) is 0 Å². The van der Waals surface area contributed by atoms with Crippen LogP contribution in [0.2, 0.25) is 0 Å². The van der Waals surface area contributed by atoms with Crippen molar-refractivity contribution in [3.05, 3.63) is 39.9 Å². The van der Waals surface area contributed by atoms with Gasteiger partial charge in [-0.25, -0.2) is 4.98 Å². The molecule has 17 heavy (non-hydrogen) atoms. The lowest BCUT2D eigenvalue weighted by molar-refractivity contribution is 0.579. The van der Waals surface area contributed by atoms with Crippen molar-refractivity contribution in [1.82, 2.24) is 4.98 Å². The van der Waals surface area contributed by atoms with Crippen LogP contribution in [0, 0.1) is 20.8 Å². The van der Waals surface area contributed by atoms with E-state index in [2.05, 4.69) is 36.2 Å². The molecule has 0 saturated carbocycles. The zero-order valence-electron chi connectivity index (χ0n) is 10.1. The average Bonchev–Trinajstić information content (AvgIpc) is 2.79. The van der Waals surface area contributed by atoms with Crippen LogP contribution in [0.3, 0.4) is 0 Å². The molecule has 3 heteroatoms. The summed E-state index contributed by atoms with van der Waals surface area (Å²) in [5, 5.41) is 2.24. The van der Waals surface area contributed by atoms with Crippen molar-refractivity contribution in [3.8, 4) is 11.3 Å². The van der Waals surface area contributed by atoms with Gasteiger partial charge in [-0.3, -0.25) is 0 Å². The number of rotatable bonds is 1. The van der Waals surface area contributed by atoms with Crippen LogP contribution < -0.4 is 0 Å². The zero-order chi connectivity index (χ0) is 12.0. The Morgan fingerprint density at radius 3 is 2.71 bits per heavy atom. The molecule has 2 aromatic heterocycles. The first-order valence-electron chi connectivity index (χ1n) is 5.59. The van der Waals surface area contributed by atoms with Crippen molar-refractivity contribution in [2.45, 2.75) is 20.8 Å². The van der Waals surface area contributed by atoms with Crippen molar-refractivity contribution in [2.75, 3.05) is 0 Å². The number of nitrogens with zero attached hydrogens (tertiary/aromatic N) is 1. The highest BCUT2D eigenvalue weighted by Gasteiger charge is 2.13. The van der Waals surface area contributed by atoms with Crippen molar-refractivity contribution >= 4 is 22.3 Å². The maximum absolute atomic E-state index is 5.78. The molecule has 86 valence electrons. The molecule has 0 bridgehead atoms. The van der Waals surface area contributed by atoms with Gasteiger partial charge in [-0.2, -0.15) is 0 Å². The third kappa shape index (κ3) is 1.67. The van der Waals surface area contributed by atoms with Gasteiger partial charge >= 0.3 is 0 Å². The first-order chi connectivity index (χ1) is 8.15. The molecule has 0 aliphatic heterocycles. The van der Waals surface area contributed by atoms with Gasteiger partial charge in [0, 0.05) is 15.8 Å². The molecule has 0 atom stereocenters. The van der Waals surface area contributed by atoms with Gasteiger partial charge in [0.2, 0.25) is 0 Å². The van der Waals surface area contributed by atoms with Gasteiger partial charge in [-0.1, -0.05) is 12.1 Å². The molecule has 0 saturated heterocycles. The van der Waals surface area contributed by atoms with E-state index in [9.17, 15) is 0 Å². The predicted octanol–water partition coefficient (Wildman–Crippen LogP) is 4.48. The minimum atomic E-state index is 0.942. The minimum Gasteiger partial charge on any atom is -0.461 e. The Morgan fingerprint density at radius 1 is 1.18 bits per heavy atom. The summed E-state index contributed by atoms with van der Waals surface area (Å²) in [5.74, 6) is 0.942. The number of hydrogen-bond acceptors (Lipinski definition) is 3.